The van der Waals surface area contributed by atoms with Gasteiger partial charge in [-0.05, 0) is 18.2 Å². The monoisotopic (exact) mass is 429 g/mol. The molecule has 1 atom stereocenters. The first-order valence-electron chi connectivity index (χ1n) is 8.57. The third-order valence-electron chi connectivity index (χ3n) is 4.38. The molecule has 2 heterocycles. The van der Waals surface area contributed by atoms with E-state index in [0.29, 0.717) is 25.4 Å². The molecule has 3 rings (SSSR count). The summed E-state index contributed by atoms with van der Waals surface area (Å²) in [7, 11) is -1.73. The molecule has 0 radical (unpaired) electrons. The molecule has 28 heavy (non-hydrogen) atoms. The van der Waals surface area contributed by atoms with E-state index in [1.807, 2.05) is 24.3 Å². The lowest BCUT2D eigenvalue weighted by atomic mass is 10.0. The van der Waals surface area contributed by atoms with E-state index in [9.17, 15) is 13.2 Å². The Hall–Kier alpha value is -2.07. The molecule has 0 spiro atoms. The number of amides is 1. The lowest BCUT2D eigenvalue weighted by Crippen LogP contribution is -2.48. The summed E-state index contributed by atoms with van der Waals surface area (Å²) < 4.78 is 35.8. The first kappa shape index (κ1) is 22.2. The van der Waals surface area contributed by atoms with Gasteiger partial charge in [0.25, 0.3) is 5.91 Å². The van der Waals surface area contributed by atoms with Crippen molar-refractivity contribution in [2.45, 2.75) is 12.6 Å². The van der Waals surface area contributed by atoms with Gasteiger partial charge in [0.2, 0.25) is 10.0 Å². The lowest BCUT2D eigenvalue weighted by Gasteiger charge is -2.36. The van der Waals surface area contributed by atoms with Crippen LogP contribution in [0.15, 0.2) is 40.8 Å². The van der Waals surface area contributed by atoms with Gasteiger partial charge in [-0.15, -0.1) is 12.4 Å². The van der Waals surface area contributed by atoms with Gasteiger partial charge in [0, 0.05) is 25.2 Å². The van der Waals surface area contributed by atoms with E-state index in [1.54, 1.807) is 24.1 Å². The molecule has 1 aromatic heterocycles. The van der Waals surface area contributed by atoms with Crippen LogP contribution in [0.4, 0.5) is 0 Å². The number of para-hydroxylation sites is 1. The summed E-state index contributed by atoms with van der Waals surface area (Å²) in [6, 6.07) is 10.6. The fourth-order valence-electron chi connectivity index (χ4n) is 3.10. The fourth-order valence-corrected chi connectivity index (χ4v) is 3.50. The van der Waals surface area contributed by atoms with E-state index >= 15 is 0 Å². The highest BCUT2D eigenvalue weighted by Gasteiger charge is 2.31. The SMILES string of the molecule is COc1ccccc1C1CNCCN1C(=O)c1ccc(CNS(C)(=O)=O)o1.Cl. The van der Waals surface area contributed by atoms with Crippen molar-refractivity contribution in [3.63, 3.8) is 0 Å². The molecule has 1 aliphatic heterocycles. The summed E-state index contributed by atoms with van der Waals surface area (Å²) in [5.41, 5.74) is 0.922. The van der Waals surface area contributed by atoms with Crippen LogP contribution in [0.2, 0.25) is 0 Å². The normalized spacial score (nSPS) is 17.1. The van der Waals surface area contributed by atoms with Gasteiger partial charge in [0.1, 0.15) is 11.5 Å². The molecule has 8 nitrogen and oxygen atoms in total. The average molecular weight is 430 g/mol. The van der Waals surface area contributed by atoms with Gasteiger partial charge in [-0.1, -0.05) is 18.2 Å². The van der Waals surface area contributed by atoms with Crippen LogP contribution in [0.3, 0.4) is 0 Å². The highest BCUT2D eigenvalue weighted by Crippen LogP contribution is 2.31. The number of methoxy groups -OCH3 is 1. The van der Waals surface area contributed by atoms with Crippen LogP contribution < -0.4 is 14.8 Å². The van der Waals surface area contributed by atoms with Crippen molar-refractivity contribution in [2.75, 3.05) is 33.0 Å². The maximum absolute atomic E-state index is 13.0. The van der Waals surface area contributed by atoms with E-state index in [0.717, 1.165) is 17.6 Å². The zero-order valence-electron chi connectivity index (χ0n) is 15.7. The van der Waals surface area contributed by atoms with E-state index in [2.05, 4.69) is 10.0 Å². The Bertz CT molecular complexity index is 915. The molecule has 1 fully saturated rings. The second-order valence-electron chi connectivity index (χ2n) is 6.32. The van der Waals surface area contributed by atoms with Crippen LogP contribution in [-0.2, 0) is 16.6 Å². The maximum Gasteiger partial charge on any atom is 0.290 e. The average Bonchev–Trinajstić information content (AvgIpc) is 3.14. The third kappa shape index (κ3) is 5.26. The largest absolute Gasteiger partial charge is 0.496 e. The van der Waals surface area contributed by atoms with E-state index in [-0.39, 0.29) is 36.7 Å². The number of carbonyl (C=O) groups is 1. The number of hydrogen-bond donors (Lipinski definition) is 2. The Morgan fingerprint density at radius 3 is 2.79 bits per heavy atom. The van der Waals surface area contributed by atoms with Gasteiger partial charge in [-0.2, -0.15) is 0 Å². The quantitative estimate of drug-likeness (QED) is 0.722. The molecule has 1 unspecified atom stereocenters. The Balaban J connectivity index is 0.00000280. The number of benzene rings is 1. The molecule has 154 valence electrons. The fraction of sp³-hybridized carbons (Fsp3) is 0.389. The summed E-state index contributed by atoms with van der Waals surface area (Å²) in [4.78, 5) is 14.8. The third-order valence-corrected chi connectivity index (χ3v) is 5.05. The highest BCUT2D eigenvalue weighted by atomic mass is 35.5. The molecule has 1 saturated heterocycles. The summed E-state index contributed by atoms with van der Waals surface area (Å²) in [6.07, 6.45) is 1.07. The first-order valence-corrected chi connectivity index (χ1v) is 10.5. The molecule has 2 N–H and O–H groups in total. The number of nitrogens with zero attached hydrogens (tertiary/aromatic N) is 1. The van der Waals surface area contributed by atoms with Gasteiger partial charge in [0.05, 0.1) is 26.0 Å². The number of rotatable bonds is 6. The molecule has 1 aliphatic rings. The van der Waals surface area contributed by atoms with E-state index < -0.39 is 10.0 Å². The Labute approximate surface area is 170 Å². The maximum atomic E-state index is 13.0. The van der Waals surface area contributed by atoms with Crippen LogP contribution in [0.25, 0.3) is 0 Å². The minimum absolute atomic E-state index is 0. The molecule has 1 amide bonds. The predicted molar refractivity (Wildman–Crippen MR) is 107 cm³/mol. The van der Waals surface area contributed by atoms with Gasteiger partial charge < -0.3 is 19.4 Å². The number of hydrogen-bond acceptors (Lipinski definition) is 6. The minimum Gasteiger partial charge on any atom is -0.496 e. The van der Waals surface area contributed by atoms with Crippen molar-refractivity contribution in [1.82, 2.24) is 14.9 Å². The van der Waals surface area contributed by atoms with Crippen LogP contribution in [0.5, 0.6) is 5.75 Å². The summed E-state index contributed by atoms with van der Waals surface area (Å²) in [5.74, 6) is 1.05. The number of sulfonamides is 1. The van der Waals surface area contributed by atoms with Crippen molar-refractivity contribution < 1.29 is 22.4 Å². The zero-order valence-corrected chi connectivity index (χ0v) is 17.3. The predicted octanol–water partition coefficient (Wildman–Crippen LogP) is 1.55. The van der Waals surface area contributed by atoms with Gasteiger partial charge >= 0.3 is 0 Å². The van der Waals surface area contributed by atoms with Crippen molar-refractivity contribution in [3.8, 4) is 5.75 Å². The summed E-state index contributed by atoms with van der Waals surface area (Å²) in [5, 5.41) is 3.31. The Morgan fingerprint density at radius 1 is 1.32 bits per heavy atom. The smallest absolute Gasteiger partial charge is 0.290 e. The number of ether oxygens (including phenoxy) is 1. The van der Waals surface area contributed by atoms with Crippen LogP contribution in [-0.4, -0.2) is 52.2 Å². The number of piperazine rings is 1. The van der Waals surface area contributed by atoms with E-state index in [4.69, 9.17) is 9.15 Å². The molecular weight excluding hydrogens is 406 g/mol. The molecule has 0 bridgehead atoms. The molecular formula is C18H24ClN3O5S. The van der Waals surface area contributed by atoms with Gasteiger partial charge in [0.15, 0.2) is 5.76 Å². The standard InChI is InChI=1S/C18H23N3O5S.ClH/c1-25-16-6-4-3-5-14(16)15-12-19-9-10-21(15)18(22)17-8-7-13(26-17)11-20-27(2,23)24;/h3-8,15,19-20H,9-12H2,1-2H3;1H. The van der Waals surface area contributed by atoms with Gasteiger partial charge in [-0.25, -0.2) is 13.1 Å². The molecule has 0 aliphatic carbocycles. The first-order chi connectivity index (χ1) is 12.9. The Kier molecular flexibility index (Phi) is 7.48. The lowest BCUT2D eigenvalue weighted by molar-refractivity contribution is 0.0597. The minimum atomic E-state index is -3.33. The zero-order chi connectivity index (χ0) is 19.4. The van der Waals surface area contributed by atoms with Crippen LogP contribution in [0.1, 0.15) is 27.9 Å². The summed E-state index contributed by atoms with van der Waals surface area (Å²) >= 11 is 0. The molecule has 1 aromatic carbocycles. The van der Waals surface area contributed by atoms with Crippen LogP contribution >= 0.6 is 12.4 Å². The number of nitrogens with one attached hydrogen (secondary N) is 2. The number of carbonyl (C=O) groups excluding carboxylic acids is 1. The second kappa shape index (κ2) is 9.42. The number of halogens is 1. The van der Waals surface area contributed by atoms with Crippen molar-refractivity contribution >= 4 is 28.3 Å². The molecule has 0 saturated carbocycles. The van der Waals surface area contributed by atoms with Gasteiger partial charge in [-0.3, -0.25) is 4.79 Å². The van der Waals surface area contributed by atoms with Crippen LogP contribution in [0, 0.1) is 0 Å². The van der Waals surface area contributed by atoms with Crippen molar-refractivity contribution in [1.29, 1.82) is 0 Å². The Morgan fingerprint density at radius 2 is 2.07 bits per heavy atom. The second-order valence-corrected chi connectivity index (χ2v) is 8.15. The summed E-state index contributed by atoms with van der Waals surface area (Å²) in [6.45, 7) is 1.82. The highest BCUT2D eigenvalue weighted by molar-refractivity contribution is 7.88. The van der Waals surface area contributed by atoms with E-state index in [1.165, 1.54) is 0 Å². The topological polar surface area (TPSA) is 101 Å². The van der Waals surface area contributed by atoms with Crippen molar-refractivity contribution in [3.05, 3.63) is 53.5 Å². The number of furan rings is 1. The van der Waals surface area contributed by atoms with Crippen molar-refractivity contribution in [2.24, 2.45) is 0 Å². The molecule has 2 aromatic rings. The molecule has 10 heteroatoms.